The molecule has 1 saturated heterocycles. The first-order valence-electron chi connectivity index (χ1n) is 9.56. The summed E-state index contributed by atoms with van der Waals surface area (Å²) >= 11 is 1.36. The van der Waals surface area contributed by atoms with E-state index >= 15 is 0 Å². The number of carbonyl (C=O) groups is 2. The van der Waals surface area contributed by atoms with Crippen LogP contribution in [0.15, 0.2) is 49.1 Å². The number of anilines is 1. The van der Waals surface area contributed by atoms with Gasteiger partial charge in [0.1, 0.15) is 11.6 Å². The number of halogens is 2. The highest BCUT2D eigenvalue weighted by Gasteiger charge is 2.59. The third kappa shape index (κ3) is 3.06. The van der Waals surface area contributed by atoms with E-state index in [1.54, 1.807) is 12.1 Å². The molecule has 3 amide bonds. The van der Waals surface area contributed by atoms with Gasteiger partial charge in [0, 0.05) is 30.0 Å². The SMILES string of the molecule is C=CCNC(=O)N1CCS[C@@]12C(=O)N(Cc1c(F)cccc1F)c1ccc(C)cc12. The molecule has 4 rings (SSSR count). The van der Waals surface area contributed by atoms with Gasteiger partial charge in [-0.2, -0.15) is 0 Å². The lowest BCUT2D eigenvalue weighted by Crippen LogP contribution is -2.53. The summed E-state index contributed by atoms with van der Waals surface area (Å²) < 4.78 is 28.6. The molecule has 0 radical (unpaired) electrons. The predicted molar refractivity (Wildman–Crippen MR) is 113 cm³/mol. The molecule has 0 bridgehead atoms. The third-order valence-electron chi connectivity index (χ3n) is 5.37. The van der Waals surface area contributed by atoms with E-state index < -0.39 is 16.5 Å². The maximum absolute atomic E-state index is 14.3. The number of hydrogen-bond donors (Lipinski definition) is 1. The summed E-state index contributed by atoms with van der Waals surface area (Å²) in [6.07, 6.45) is 1.57. The molecule has 0 aromatic heterocycles. The van der Waals surface area contributed by atoms with Crippen molar-refractivity contribution in [3.05, 3.63) is 77.4 Å². The van der Waals surface area contributed by atoms with Gasteiger partial charge in [0.05, 0.1) is 12.2 Å². The van der Waals surface area contributed by atoms with Crippen LogP contribution in [0.25, 0.3) is 0 Å². The lowest BCUT2D eigenvalue weighted by atomic mass is 10.0. The summed E-state index contributed by atoms with van der Waals surface area (Å²) in [4.78, 5) is 28.2. The van der Waals surface area contributed by atoms with Crippen molar-refractivity contribution in [1.29, 1.82) is 0 Å². The van der Waals surface area contributed by atoms with Crippen LogP contribution >= 0.6 is 11.8 Å². The second-order valence-electron chi connectivity index (χ2n) is 7.23. The van der Waals surface area contributed by atoms with Crippen molar-refractivity contribution < 1.29 is 18.4 Å². The quantitative estimate of drug-likeness (QED) is 0.750. The van der Waals surface area contributed by atoms with E-state index in [0.29, 0.717) is 23.5 Å². The van der Waals surface area contributed by atoms with Crippen LogP contribution in [0.1, 0.15) is 16.7 Å². The monoisotopic (exact) mass is 429 g/mol. The van der Waals surface area contributed by atoms with Crippen LogP contribution in [0.2, 0.25) is 0 Å². The number of hydrogen-bond acceptors (Lipinski definition) is 3. The molecule has 0 saturated carbocycles. The van der Waals surface area contributed by atoms with Crippen LogP contribution in [-0.4, -0.2) is 35.7 Å². The van der Waals surface area contributed by atoms with Crippen molar-refractivity contribution in [1.82, 2.24) is 10.2 Å². The van der Waals surface area contributed by atoms with Gasteiger partial charge in [-0.05, 0) is 25.1 Å². The van der Waals surface area contributed by atoms with Gasteiger partial charge in [-0.25, -0.2) is 13.6 Å². The first kappa shape index (κ1) is 20.4. The maximum atomic E-state index is 14.3. The Labute approximate surface area is 177 Å². The summed E-state index contributed by atoms with van der Waals surface area (Å²) in [6.45, 7) is 5.91. The summed E-state index contributed by atoms with van der Waals surface area (Å²) in [6, 6.07) is 8.74. The van der Waals surface area contributed by atoms with Gasteiger partial charge >= 0.3 is 6.03 Å². The highest BCUT2D eigenvalue weighted by atomic mass is 32.2. The van der Waals surface area contributed by atoms with Gasteiger partial charge in [0.25, 0.3) is 5.91 Å². The van der Waals surface area contributed by atoms with Crippen LogP contribution in [0, 0.1) is 18.6 Å². The zero-order valence-corrected chi connectivity index (χ0v) is 17.3. The Morgan fingerprint density at radius 3 is 2.73 bits per heavy atom. The molecule has 1 atom stereocenters. The fourth-order valence-corrected chi connectivity index (χ4v) is 5.43. The molecule has 1 fully saturated rings. The van der Waals surface area contributed by atoms with E-state index in [0.717, 1.165) is 5.56 Å². The van der Waals surface area contributed by atoms with Crippen molar-refractivity contribution >= 4 is 29.4 Å². The van der Waals surface area contributed by atoms with Gasteiger partial charge in [-0.15, -0.1) is 18.3 Å². The van der Waals surface area contributed by atoms with E-state index in [4.69, 9.17) is 0 Å². The lowest BCUT2D eigenvalue weighted by molar-refractivity contribution is -0.123. The van der Waals surface area contributed by atoms with Crippen LogP contribution in [0.5, 0.6) is 0 Å². The smallest absolute Gasteiger partial charge is 0.319 e. The number of thioether (sulfide) groups is 1. The summed E-state index contributed by atoms with van der Waals surface area (Å²) in [7, 11) is 0. The van der Waals surface area contributed by atoms with Crippen molar-refractivity contribution in [2.24, 2.45) is 0 Å². The molecule has 156 valence electrons. The second-order valence-corrected chi connectivity index (χ2v) is 8.52. The van der Waals surface area contributed by atoms with Crippen LogP contribution in [-0.2, 0) is 16.2 Å². The van der Waals surface area contributed by atoms with Crippen LogP contribution in [0.4, 0.5) is 19.3 Å². The van der Waals surface area contributed by atoms with Gasteiger partial charge in [-0.3, -0.25) is 9.69 Å². The molecule has 0 unspecified atom stereocenters. The molecule has 8 heteroatoms. The molecule has 2 aliphatic heterocycles. The number of amides is 3. The highest BCUT2D eigenvalue weighted by molar-refractivity contribution is 8.01. The Kier molecular flexibility index (Phi) is 5.27. The summed E-state index contributed by atoms with van der Waals surface area (Å²) in [5.41, 5.74) is 1.98. The van der Waals surface area contributed by atoms with E-state index in [2.05, 4.69) is 11.9 Å². The first-order chi connectivity index (χ1) is 14.4. The van der Waals surface area contributed by atoms with Crippen molar-refractivity contribution in [3.63, 3.8) is 0 Å². The van der Waals surface area contributed by atoms with Gasteiger partial charge in [0.2, 0.25) is 0 Å². The fourth-order valence-electron chi connectivity index (χ4n) is 3.98. The molecule has 2 heterocycles. The van der Waals surface area contributed by atoms with E-state index in [1.165, 1.54) is 39.8 Å². The normalized spacial score (nSPS) is 20.0. The topological polar surface area (TPSA) is 52.7 Å². The summed E-state index contributed by atoms with van der Waals surface area (Å²) in [5, 5.41) is 2.74. The molecule has 1 spiro atoms. The van der Waals surface area contributed by atoms with Gasteiger partial charge in [-0.1, -0.05) is 29.8 Å². The Morgan fingerprint density at radius 2 is 2.03 bits per heavy atom. The lowest BCUT2D eigenvalue weighted by Gasteiger charge is -2.33. The number of benzene rings is 2. The van der Waals surface area contributed by atoms with Gasteiger partial charge < -0.3 is 10.2 Å². The highest BCUT2D eigenvalue weighted by Crippen LogP contribution is 2.54. The van der Waals surface area contributed by atoms with Gasteiger partial charge in [0.15, 0.2) is 4.87 Å². The Balaban J connectivity index is 1.80. The Hall–Kier alpha value is -2.87. The average Bonchev–Trinajstić information content (AvgIpc) is 3.26. The number of aryl methyl sites for hydroxylation is 1. The number of fused-ring (bicyclic) bond motifs is 2. The van der Waals surface area contributed by atoms with E-state index in [1.807, 2.05) is 19.1 Å². The number of urea groups is 1. The predicted octanol–water partition coefficient (Wildman–Crippen LogP) is 3.92. The fraction of sp³-hybridized carbons (Fsp3) is 0.273. The number of nitrogens with one attached hydrogen (secondary N) is 1. The molecular formula is C22H21F2N3O2S. The summed E-state index contributed by atoms with van der Waals surface area (Å²) in [5.74, 6) is -1.22. The van der Waals surface area contributed by atoms with Crippen LogP contribution in [0.3, 0.4) is 0 Å². The molecule has 5 nitrogen and oxygen atoms in total. The zero-order valence-electron chi connectivity index (χ0n) is 16.5. The largest absolute Gasteiger partial charge is 0.334 e. The van der Waals surface area contributed by atoms with Crippen LogP contribution < -0.4 is 10.2 Å². The molecule has 2 aromatic rings. The molecule has 2 aliphatic rings. The minimum atomic E-state index is -1.26. The third-order valence-corrected chi connectivity index (χ3v) is 6.79. The molecule has 30 heavy (non-hydrogen) atoms. The molecular weight excluding hydrogens is 408 g/mol. The number of rotatable bonds is 4. The van der Waals surface area contributed by atoms with Crippen molar-refractivity contribution in [2.45, 2.75) is 18.3 Å². The minimum Gasteiger partial charge on any atom is -0.334 e. The first-order valence-corrected chi connectivity index (χ1v) is 10.5. The Bertz CT molecular complexity index is 1020. The number of nitrogens with zero attached hydrogens (tertiary/aromatic N) is 2. The second kappa shape index (κ2) is 7.75. The van der Waals surface area contributed by atoms with E-state index in [-0.39, 0.29) is 30.6 Å². The minimum absolute atomic E-state index is 0.180. The molecule has 1 N–H and O–H groups in total. The van der Waals surface area contributed by atoms with Crippen molar-refractivity contribution in [3.8, 4) is 0 Å². The molecule has 2 aromatic carbocycles. The average molecular weight is 429 g/mol. The maximum Gasteiger partial charge on any atom is 0.319 e. The van der Waals surface area contributed by atoms with Crippen molar-refractivity contribution in [2.75, 3.05) is 23.7 Å². The standard InChI is InChI=1S/C22H21F2N3O2S/c1-3-9-25-21(29)27-10-11-30-22(27)16-12-14(2)7-8-19(16)26(20(22)28)13-15-17(23)5-4-6-18(15)24/h3-8,12H,1,9-11,13H2,2H3,(H,25,29)/t22-/m0/s1. The molecule has 0 aliphatic carbocycles. The number of carbonyl (C=O) groups excluding carboxylic acids is 2. The van der Waals surface area contributed by atoms with E-state index in [9.17, 15) is 18.4 Å². The zero-order chi connectivity index (χ0) is 21.5. The Morgan fingerprint density at radius 1 is 1.30 bits per heavy atom.